The lowest BCUT2D eigenvalue weighted by atomic mass is 10.1. The second kappa shape index (κ2) is 17.8. The van der Waals surface area contributed by atoms with Crippen LogP contribution < -0.4 is 38.9 Å². The average Bonchev–Trinajstić information content (AvgIpc) is 2.80. The predicted molar refractivity (Wildman–Crippen MR) is 135 cm³/mol. The normalized spacial score (nSPS) is 13.8. The molecular weight excluding hydrogens is 512 g/mol. The molecule has 0 saturated heterocycles. The number of amides is 4. The highest BCUT2D eigenvalue weighted by Gasteiger charge is 2.31. The van der Waals surface area contributed by atoms with Gasteiger partial charge in [0.2, 0.25) is 23.6 Å². The Labute approximate surface area is 217 Å². The fourth-order valence-electron chi connectivity index (χ4n) is 2.91. The number of primary amides is 1. The molecular formula is C20H36N8O8S. The zero-order valence-electron chi connectivity index (χ0n) is 20.5. The molecule has 0 radical (unpaired) electrons. The summed E-state index contributed by atoms with van der Waals surface area (Å²) >= 11 is 1.46. The molecule has 0 heterocycles. The SMILES string of the molecule is CSCCC(N)C(=O)NC(CC(N)=O)C(=O)NC(CCCN=C(N)N)C(=O)NC(CCC(=O)O)C(=O)O. The lowest BCUT2D eigenvalue weighted by Gasteiger charge is -2.24. The minimum absolute atomic E-state index is 0.0654. The van der Waals surface area contributed by atoms with Crippen LogP contribution >= 0.6 is 11.8 Å². The van der Waals surface area contributed by atoms with Crippen molar-refractivity contribution in [2.75, 3.05) is 18.6 Å². The smallest absolute Gasteiger partial charge is 0.326 e. The lowest BCUT2D eigenvalue weighted by Crippen LogP contribution is -2.57. The van der Waals surface area contributed by atoms with Crippen molar-refractivity contribution in [3.63, 3.8) is 0 Å². The second-order valence-corrected chi connectivity index (χ2v) is 8.95. The highest BCUT2D eigenvalue weighted by Crippen LogP contribution is 2.05. The van der Waals surface area contributed by atoms with E-state index in [0.717, 1.165) is 0 Å². The molecule has 4 amide bonds. The first-order chi connectivity index (χ1) is 17.3. The van der Waals surface area contributed by atoms with Gasteiger partial charge in [-0.15, -0.1) is 0 Å². The van der Waals surface area contributed by atoms with Gasteiger partial charge in [0.15, 0.2) is 5.96 Å². The Morgan fingerprint density at radius 1 is 0.838 bits per heavy atom. The molecule has 37 heavy (non-hydrogen) atoms. The van der Waals surface area contributed by atoms with Crippen molar-refractivity contribution in [3.8, 4) is 0 Å². The minimum Gasteiger partial charge on any atom is -0.481 e. The number of carboxylic acids is 2. The van der Waals surface area contributed by atoms with Gasteiger partial charge in [0.05, 0.1) is 12.5 Å². The molecule has 16 nitrogen and oxygen atoms in total. The standard InChI is InChI=1S/C20H36N8O8S/c1-37-8-6-10(21)16(32)28-13(9-14(22)29)18(34)26-11(3-2-7-25-20(23)24)17(33)27-12(19(35)36)4-5-15(30)31/h10-13H,2-9,21H2,1H3,(H2,22,29)(H,26,34)(H,27,33)(H,28,32)(H,30,31)(H,35,36)(H4,23,24,25). The van der Waals surface area contributed by atoms with Gasteiger partial charge in [-0.1, -0.05) is 0 Å². The fourth-order valence-corrected chi connectivity index (χ4v) is 3.40. The van der Waals surface area contributed by atoms with Crippen molar-refractivity contribution in [3.05, 3.63) is 0 Å². The van der Waals surface area contributed by atoms with Crippen molar-refractivity contribution >= 4 is 53.3 Å². The van der Waals surface area contributed by atoms with Crippen molar-refractivity contribution in [1.29, 1.82) is 0 Å². The van der Waals surface area contributed by atoms with Crippen molar-refractivity contribution in [1.82, 2.24) is 16.0 Å². The number of carbonyl (C=O) groups excluding carboxylic acids is 4. The number of aliphatic imine (C=N–C) groups is 1. The molecule has 4 atom stereocenters. The molecule has 0 saturated carbocycles. The molecule has 0 aromatic carbocycles. The third kappa shape index (κ3) is 15.2. The first-order valence-corrected chi connectivity index (χ1v) is 12.6. The Hall–Kier alpha value is -3.60. The molecule has 4 unspecified atom stereocenters. The molecule has 0 bridgehead atoms. The van der Waals surface area contributed by atoms with Gasteiger partial charge in [-0.05, 0) is 37.7 Å². The molecule has 0 rings (SSSR count). The van der Waals surface area contributed by atoms with Gasteiger partial charge >= 0.3 is 11.9 Å². The quantitative estimate of drug-likeness (QED) is 0.0429. The van der Waals surface area contributed by atoms with E-state index >= 15 is 0 Å². The Morgan fingerprint density at radius 2 is 1.41 bits per heavy atom. The van der Waals surface area contributed by atoms with Crippen LogP contribution in [0.1, 0.15) is 38.5 Å². The number of rotatable bonds is 19. The molecule has 0 aromatic rings. The average molecular weight is 549 g/mol. The molecule has 0 spiro atoms. The maximum absolute atomic E-state index is 12.9. The number of carbonyl (C=O) groups is 6. The van der Waals surface area contributed by atoms with Gasteiger partial charge in [-0.3, -0.25) is 29.0 Å². The highest BCUT2D eigenvalue weighted by atomic mass is 32.2. The van der Waals surface area contributed by atoms with E-state index in [1.54, 1.807) is 0 Å². The number of nitrogens with zero attached hydrogens (tertiary/aromatic N) is 1. The number of hydrogen-bond donors (Lipinski definition) is 9. The summed E-state index contributed by atoms with van der Waals surface area (Å²) in [6.45, 7) is 0.0785. The minimum atomic E-state index is -1.55. The number of hydrogen-bond acceptors (Lipinski definition) is 9. The second-order valence-electron chi connectivity index (χ2n) is 7.96. The topological polar surface area (TPSA) is 295 Å². The van der Waals surface area contributed by atoms with Crippen LogP contribution in [0.4, 0.5) is 0 Å². The van der Waals surface area contributed by atoms with Crippen molar-refractivity contribution in [2.45, 2.75) is 62.7 Å². The molecule has 0 fully saturated rings. The Morgan fingerprint density at radius 3 is 1.92 bits per heavy atom. The monoisotopic (exact) mass is 548 g/mol. The van der Waals surface area contributed by atoms with E-state index < -0.39 is 79.0 Å². The van der Waals surface area contributed by atoms with E-state index in [1.807, 2.05) is 6.26 Å². The maximum Gasteiger partial charge on any atom is 0.326 e. The summed E-state index contributed by atoms with van der Waals surface area (Å²) in [4.78, 5) is 75.7. The summed E-state index contributed by atoms with van der Waals surface area (Å²) < 4.78 is 0. The van der Waals surface area contributed by atoms with Gasteiger partial charge in [0.1, 0.15) is 18.1 Å². The van der Waals surface area contributed by atoms with E-state index in [0.29, 0.717) is 12.2 Å². The van der Waals surface area contributed by atoms with Crippen molar-refractivity contribution < 1.29 is 39.0 Å². The van der Waals surface area contributed by atoms with Crippen LogP contribution in [0.2, 0.25) is 0 Å². The van der Waals surface area contributed by atoms with Crippen LogP contribution in [0.5, 0.6) is 0 Å². The van der Waals surface area contributed by atoms with E-state index in [9.17, 15) is 33.9 Å². The van der Waals surface area contributed by atoms with Crippen LogP contribution in [-0.2, 0) is 28.8 Å². The number of carboxylic acid groups (broad SMARTS) is 2. The number of nitrogens with two attached hydrogens (primary N) is 4. The van der Waals surface area contributed by atoms with Crippen molar-refractivity contribution in [2.24, 2.45) is 27.9 Å². The number of aliphatic carboxylic acids is 2. The molecule has 0 aliphatic heterocycles. The first kappa shape index (κ1) is 33.4. The summed E-state index contributed by atoms with van der Waals surface area (Å²) in [6, 6.07) is -5.30. The Kier molecular flexibility index (Phi) is 16.0. The van der Waals surface area contributed by atoms with Gasteiger partial charge in [-0.2, -0.15) is 11.8 Å². The third-order valence-corrected chi connectivity index (χ3v) is 5.49. The van der Waals surface area contributed by atoms with Crippen LogP contribution in [0.15, 0.2) is 4.99 Å². The largest absolute Gasteiger partial charge is 0.481 e. The van der Waals surface area contributed by atoms with Gasteiger partial charge in [-0.25, -0.2) is 4.79 Å². The van der Waals surface area contributed by atoms with Crippen LogP contribution in [0, 0.1) is 0 Å². The molecule has 17 heteroatoms. The fraction of sp³-hybridized carbons (Fsp3) is 0.650. The van der Waals surface area contributed by atoms with E-state index in [1.165, 1.54) is 11.8 Å². The maximum atomic E-state index is 12.9. The summed E-state index contributed by atoms with van der Waals surface area (Å²) in [5, 5.41) is 25.0. The van der Waals surface area contributed by atoms with Crippen LogP contribution in [-0.4, -0.2) is 94.5 Å². The van der Waals surface area contributed by atoms with E-state index in [-0.39, 0.29) is 25.3 Å². The number of thioether (sulfide) groups is 1. The van der Waals surface area contributed by atoms with Gasteiger partial charge < -0.3 is 49.1 Å². The number of nitrogens with one attached hydrogen (secondary N) is 3. The molecule has 0 aromatic heterocycles. The van der Waals surface area contributed by atoms with E-state index in [4.69, 9.17) is 28.0 Å². The molecule has 210 valence electrons. The predicted octanol–water partition coefficient (Wildman–Crippen LogP) is -3.60. The van der Waals surface area contributed by atoms with Gasteiger partial charge in [0.25, 0.3) is 0 Å². The molecule has 13 N–H and O–H groups in total. The Bertz CT molecular complexity index is 852. The molecule has 0 aliphatic carbocycles. The highest BCUT2D eigenvalue weighted by molar-refractivity contribution is 7.98. The van der Waals surface area contributed by atoms with E-state index in [2.05, 4.69) is 20.9 Å². The third-order valence-electron chi connectivity index (χ3n) is 4.85. The summed E-state index contributed by atoms with van der Waals surface area (Å²) in [7, 11) is 0. The first-order valence-electron chi connectivity index (χ1n) is 11.2. The summed E-state index contributed by atoms with van der Waals surface area (Å²) in [6.07, 6.45) is 0.719. The summed E-state index contributed by atoms with van der Waals surface area (Å²) in [5.41, 5.74) is 21.5. The van der Waals surface area contributed by atoms with Crippen LogP contribution in [0.25, 0.3) is 0 Å². The summed E-state index contributed by atoms with van der Waals surface area (Å²) in [5.74, 6) is -5.85. The number of guanidine groups is 1. The van der Waals surface area contributed by atoms with Crippen LogP contribution in [0.3, 0.4) is 0 Å². The Balaban J connectivity index is 5.64. The van der Waals surface area contributed by atoms with Gasteiger partial charge in [0, 0.05) is 13.0 Å². The lowest BCUT2D eigenvalue weighted by molar-refractivity contribution is -0.143. The zero-order chi connectivity index (χ0) is 28.5. The molecule has 0 aliphatic rings. The zero-order valence-corrected chi connectivity index (χ0v) is 21.3.